The Labute approximate surface area is 114 Å². The number of methoxy groups -OCH3 is 1. The zero-order valence-electron chi connectivity index (χ0n) is 11.7. The quantitative estimate of drug-likeness (QED) is 0.736. The normalized spacial score (nSPS) is 12.6. The van der Waals surface area contributed by atoms with E-state index in [1.807, 2.05) is 13.0 Å². The molecule has 0 saturated heterocycles. The minimum Gasteiger partial charge on any atom is -0.478 e. The van der Waals surface area contributed by atoms with Crippen molar-refractivity contribution in [2.75, 3.05) is 26.0 Å². The van der Waals surface area contributed by atoms with E-state index in [1.165, 1.54) is 0 Å². The molecular weight excluding hydrogens is 244 g/mol. The Balaban J connectivity index is 2.97. The molecule has 106 valence electrons. The van der Waals surface area contributed by atoms with Gasteiger partial charge < -0.3 is 15.6 Å². The summed E-state index contributed by atoms with van der Waals surface area (Å²) in [4.78, 5) is 13.4. The SMILES string of the molecule is CCN(Cc1cccc(N)c1C(=O)O)C(C)COC. The second kappa shape index (κ2) is 7.11. The van der Waals surface area contributed by atoms with Crippen LogP contribution in [0.4, 0.5) is 5.69 Å². The summed E-state index contributed by atoms with van der Waals surface area (Å²) in [5.74, 6) is -0.983. The van der Waals surface area contributed by atoms with Crippen molar-refractivity contribution in [2.45, 2.75) is 26.4 Å². The molecule has 0 amide bonds. The third kappa shape index (κ3) is 3.94. The van der Waals surface area contributed by atoms with Gasteiger partial charge >= 0.3 is 5.97 Å². The molecule has 0 aliphatic rings. The number of hydrogen-bond donors (Lipinski definition) is 2. The van der Waals surface area contributed by atoms with Crippen LogP contribution >= 0.6 is 0 Å². The molecule has 0 spiro atoms. The highest BCUT2D eigenvalue weighted by Crippen LogP contribution is 2.19. The monoisotopic (exact) mass is 266 g/mol. The van der Waals surface area contributed by atoms with Crippen molar-refractivity contribution in [3.05, 3.63) is 29.3 Å². The Morgan fingerprint density at radius 1 is 1.53 bits per heavy atom. The molecule has 0 radical (unpaired) electrons. The first-order valence-corrected chi connectivity index (χ1v) is 6.34. The minimum absolute atomic E-state index is 0.200. The Morgan fingerprint density at radius 3 is 2.74 bits per heavy atom. The fraction of sp³-hybridized carbons (Fsp3) is 0.500. The average Bonchev–Trinajstić information content (AvgIpc) is 2.35. The lowest BCUT2D eigenvalue weighted by Gasteiger charge is -2.28. The summed E-state index contributed by atoms with van der Waals surface area (Å²) < 4.78 is 5.14. The molecule has 0 aliphatic carbocycles. The number of hydrogen-bond acceptors (Lipinski definition) is 4. The van der Waals surface area contributed by atoms with Gasteiger partial charge in [0.25, 0.3) is 0 Å². The third-order valence-corrected chi connectivity index (χ3v) is 3.21. The molecule has 1 atom stereocenters. The second-order valence-corrected chi connectivity index (χ2v) is 4.55. The smallest absolute Gasteiger partial charge is 0.338 e. The predicted octanol–water partition coefficient (Wildman–Crippen LogP) is 1.82. The van der Waals surface area contributed by atoms with Gasteiger partial charge in [-0.3, -0.25) is 4.90 Å². The summed E-state index contributed by atoms with van der Waals surface area (Å²) in [6.45, 7) is 6.07. The summed E-state index contributed by atoms with van der Waals surface area (Å²) in [6.07, 6.45) is 0. The first-order chi connectivity index (χ1) is 9.01. The van der Waals surface area contributed by atoms with Crippen LogP contribution in [-0.4, -0.2) is 42.3 Å². The number of nitrogens with two attached hydrogens (primary N) is 1. The number of carbonyl (C=O) groups is 1. The summed E-state index contributed by atoms with van der Waals surface area (Å²) in [5.41, 5.74) is 6.99. The molecule has 1 aromatic carbocycles. The number of anilines is 1. The average molecular weight is 266 g/mol. The van der Waals surface area contributed by atoms with Gasteiger partial charge in [0.1, 0.15) is 0 Å². The van der Waals surface area contributed by atoms with Crippen molar-refractivity contribution in [3.63, 3.8) is 0 Å². The van der Waals surface area contributed by atoms with Crippen LogP contribution in [0.2, 0.25) is 0 Å². The molecule has 1 rings (SSSR count). The molecule has 0 heterocycles. The lowest BCUT2D eigenvalue weighted by Crippen LogP contribution is -2.36. The van der Waals surface area contributed by atoms with E-state index in [9.17, 15) is 9.90 Å². The van der Waals surface area contributed by atoms with Crippen molar-refractivity contribution in [1.82, 2.24) is 4.90 Å². The minimum atomic E-state index is -0.983. The van der Waals surface area contributed by atoms with Gasteiger partial charge in [0, 0.05) is 25.4 Å². The summed E-state index contributed by atoms with van der Waals surface area (Å²) in [5, 5.41) is 9.25. The molecular formula is C14H22N2O3. The lowest BCUT2D eigenvalue weighted by molar-refractivity contribution is 0.0692. The van der Waals surface area contributed by atoms with E-state index in [4.69, 9.17) is 10.5 Å². The van der Waals surface area contributed by atoms with Gasteiger partial charge in [0.05, 0.1) is 12.2 Å². The number of nitrogens with zero attached hydrogens (tertiary/aromatic N) is 1. The molecule has 1 aromatic rings. The van der Waals surface area contributed by atoms with E-state index >= 15 is 0 Å². The van der Waals surface area contributed by atoms with E-state index in [0.29, 0.717) is 18.8 Å². The number of aromatic carboxylic acids is 1. The number of carboxylic acids is 1. The van der Waals surface area contributed by atoms with Crippen LogP contribution in [0.3, 0.4) is 0 Å². The van der Waals surface area contributed by atoms with E-state index in [1.54, 1.807) is 19.2 Å². The van der Waals surface area contributed by atoms with Crippen molar-refractivity contribution >= 4 is 11.7 Å². The zero-order chi connectivity index (χ0) is 14.4. The Hall–Kier alpha value is -1.59. The number of carboxylic acid groups (broad SMARTS) is 1. The van der Waals surface area contributed by atoms with Gasteiger partial charge in [-0.25, -0.2) is 4.79 Å². The maximum absolute atomic E-state index is 11.3. The molecule has 0 bridgehead atoms. The van der Waals surface area contributed by atoms with Gasteiger partial charge in [-0.15, -0.1) is 0 Å². The second-order valence-electron chi connectivity index (χ2n) is 4.55. The number of ether oxygens (including phenoxy) is 1. The van der Waals surface area contributed by atoms with Gasteiger partial charge in [0.15, 0.2) is 0 Å². The maximum Gasteiger partial charge on any atom is 0.338 e. The van der Waals surface area contributed by atoms with Crippen LogP contribution in [0.1, 0.15) is 29.8 Å². The highest BCUT2D eigenvalue weighted by Gasteiger charge is 2.18. The standard InChI is InChI=1S/C14H22N2O3/c1-4-16(10(2)9-19-3)8-11-6-5-7-12(15)13(11)14(17)18/h5-7,10H,4,8-9,15H2,1-3H3,(H,17,18). The third-order valence-electron chi connectivity index (χ3n) is 3.21. The molecule has 0 aliphatic heterocycles. The van der Waals surface area contributed by atoms with Crippen LogP contribution in [0, 0.1) is 0 Å². The van der Waals surface area contributed by atoms with Gasteiger partial charge in [-0.1, -0.05) is 19.1 Å². The van der Waals surface area contributed by atoms with E-state index in [2.05, 4.69) is 11.8 Å². The van der Waals surface area contributed by atoms with Crippen molar-refractivity contribution < 1.29 is 14.6 Å². The molecule has 1 unspecified atom stereocenters. The summed E-state index contributed by atoms with van der Waals surface area (Å²) in [6, 6.07) is 5.42. The van der Waals surface area contributed by atoms with Gasteiger partial charge in [0.2, 0.25) is 0 Å². The van der Waals surface area contributed by atoms with Crippen LogP contribution in [0.15, 0.2) is 18.2 Å². The Morgan fingerprint density at radius 2 is 2.21 bits per heavy atom. The summed E-state index contributed by atoms with van der Waals surface area (Å²) >= 11 is 0. The summed E-state index contributed by atoms with van der Waals surface area (Å²) in [7, 11) is 1.66. The molecule has 0 saturated carbocycles. The topological polar surface area (TPSA) is 75.8 Å². The highest BCUT2D eigenvalue weighted by atomic mass is 16.5. The fourth-order valence-corrected chi connectivity index (χ4v) is 2.16. The van der Waals surface area contributed by atoms with Crippen molar-refractivity contribution in [1.29, 1.82) is 0 Å². The molecule has 0 aromatic heterocycles. The van der Waals surface area contributed by atoms with E-state index in [-0.39, 0.29) is 11.6 Å². The number of rotatable bonds is 7. The van der Waals surface area contributed by atoms with Crippen molar-refractivity contribution in [3.8, 4) is 0 Å². The van der Waals surface area contributed by atoms with Crippen LogP contribution < -0.4 is 5.73 Å². The van der Waals surface area contributed by atoms with Crippen LogP contribution in [0.25, 0.3) is 0 Å². The lowest BCUT2D eigenvalue weighted by atomic mass is 10.0. The number of likely N-dealkylation sites (N-methyl/N-ethyl adjacent to an activating group) is 1. The molecule has 5 heteroatoms. The van der Waals surface area contributed by atoms with Crippen LogP contribution in [0.5, 0.6) is 0 Å². The highest BCUT2D eigenvalue weighted by molar-refractivity contribution is 5.95. The number of nitrogen functional groups attached to an aromatic ring is 1. The molecule has 5 nitrogen and oxygen atoms in total. The predicted molar refractivity (Wildman–Crippen MR) is 75.2 cm³/mol. The molecule has 0 fully saturated rings. The van der Waals surface area contributed by atoms with Crippen LogP contribution in [-0.2, 0) is 11.3 Å². The Kier molecular flexibility index (Phi) is 5.79. The Bertz CT molecular complexity index is 435. The molecule has 3 N–H and O–H groups in total. The largest absolute Gasteiger partial charge is 0.478 e. The first-order valence-electron chi connectivity index (χ1n) is 6.34. The van der Waals surface area contributed by atoms with E-state index < -0.39 is 5.97 Å². The zero-order valence-corrected chi connectivity index (χ0v) is 11.7. The first kappa shape index (κ1) is 15.5. The van der Waals surface area contributed by atoms with E-state index in [0.717, 1.165) is 12.1 Å². The fourth-order valence-electron chi connectivity index (χ4n) is 2.16. The maximum atomic E-state index is 11.3. The van der Waals surface area contributed by atoms with Gasteiger partial charge in [-0.2, -0.15) is 0 Å². The van der Waals surface area contributed by atoms with Gasteiger partial charge in [-0.05, 0) is 25.1 Å². The molecule has 19 heavy (non-hydrogen) atoms. The van der Waals surface area contributed by atoms with Crippen molar-refractivity contribution in [2.24, 2.45) is 0 Å². The number of benzene rings is 1.